The van der Waals surface area contributed by atoms with E-state index in [4.69, 9.17) is 16.7 Å². The molecular formula is C12H8BrClN2O3S. The van der Waals surface area contributed by atoms with Gasteiger partial charge >= 0.3 is 5.97 Å². The fraction of sp³-hybridized carbons (Fsp3) is 0.0833. The van der Waals surface area contributed by atoms with Crippen molar-refractivity contribution in [2.45, 2.75) is 6.42 Å². The van der Waals surface area contributed by atoms with Gasteiger partial charge in [-0.25, -0.2) is 4.98 Å². The smallest absolute Gasteiger partial charge is 0.309 e. The highest BCUT2D eigenvalue weighted by Gasteiger charge is 2.11. The molecule has 0 saturated heterocycles. The molecule has 0 spiro atoms. The second-order valence-corrected chi connectivity index (χ2v) is 6.04. The van der Waals surface area contributed by atoms with Crippen LogP contribution in [0.1, 0.15) is 16.1 Å². The summed E-state index contributed by atoms with van der Waals surface area (Å²) in [6.45, 7) is 0. The Morgan fingerprint density at radius 3 is 2.80 bits per heavy atom. The van der Waals surface area contributed by atoms with Gasteiger partial charge in [0.05, 0.1) is 12.1 Å². The lowest BCUT2D eigenvalue weighted by atomic mass is 10.2. The SMILES string of the molecule is O=C(O)Cc1csc(NC(=O)c2cc(Cl)cc(Br)c2)n1. The van der Waals surface area contributed by atoms with Crippen molar-refractivity contribution in [1.82, 2.24) is 4.98 Å². The van der Waals surface area contributed by atoms with E-state index in [0.717, 1.165) is 0 Å². The van der Waals surface area contributed by atoms with E-state index < -0.39 is 5.97 Å². The summed E-state index contributed by atoms with van der Waals surface area (Å²) in [5.74, 6) is -1.32. The molecule has 2 aromatic rings. The molecule has 0 saturated carbocycles. The van der Waals surface area contributed by atoms with Gasteiger partial charge in [-0.05, 0) is 18.2 Å². The van der Waals surface area contributed by atoms with Crippen molar-refractivity contribution in [3.05, 3.63) is 44.3 Å². The molecule has 5 nitrogen and oxygen atoms in total. The number of benzene rings is 1. The summed E-state index contributed by atoms with van der Waals surface area (Å²) in [4.78, 5) is 26.6. The Labute approximate surface area is 131 Å². The molecule has 1 heterocycles. The Kier molecular flexibility index (Phi) is 4.74. The van der Waals surface area contributed by atoms with Crippen molar-refractivity contribution >= 4 is 55.9 Å². The number of rotatable bonds is 4. The number of amides is 1. The summed E-state index contributed by atoms with van der Waals surface area (Å²) in [6, 6.07) is 4.84. The fourth-order valence-electron chi connectivity index (χ4n) is 1.45. The molecule has 2 rings (SSSR count). The molecule has 0 unspecified atom stereocenters. The number of aliphatic carboxylic acids is 1. The number of hydrogen-bond acceptors (Lipinski definition) is 4. The number of nitrogens with one attached hydrogen (secondary N) is 1. The number of hydrogen-bond donors (Lipinski definition) is 2. The molecule has 0 fully saturated rings. The summed E-state index contributed by atoms with van der Waals surface area (Å²) in [5.41, 5.74) is 0.796. The Morgan fingerprint density at radius 1 is 1.40 bits per heavy atom. The van der Waals surface area contributed by atoms with Crippen LogP contribution >= 0.6 is 38.9 Å². The standard InChI is InChI=1S/C12H8BrClN2O3S/c13-7-1-6(2-8(14)3-7)11(19)16-12-15-9(5-20-12)4-10(17)18/h1-3,5H,4H2,(H,17,18)(H,15,16,19). The highest BCUT2D eigenvalue weighted by atomic mass is 79.9. The van der Waals surface area contributed by atoms with Gasteiger partial charge in [-0.2, -0.15) is 0 Å². The van der Waals surface area contributed by atoms with E-state index in [1.54, 1.807) is 17.5 Å². The lowest BCUT2D eigenvalue weighted by Gasteiger charge is -2.03. The average molecular weight is 376 g/mol. The summed E-state index contributed by atoms with van der Waals surface area (Å²) >= 11 is 10.3. The molecule has 0 aliphatic heterocycles. The van der Waals surface area contributed by atoms with Crippen LogP contribution in [-0.2, 0) is 11.2 Å². The van der Waals surface area contributed by atoms with E-state index in [1.165, 1.54) is 17.4 Å². The lowest BCUT2D eigenvalue weighted by molar-refractivity contribution is -0.136. The molecular weight excluding hydrogens is 368 g/mol. The number of carbonyl (C=O) groups is 2. The monoisotopic (exact) mass is 374 g/mol. The zero-order valence-electron chi connectivity index (χ0n) is 9.89. The minimum atomic E-state index is -0.966. The van der Waals surface area contributed by atoms with Crippen molar-refractivity contribution in [3.8, 4) is 0 Å². The minimum absolute atomic E-state index is 0.172. The lowest BCUT2D eigenvalue weighted by Crippen LogP contribution is -2.12. The van der Waals surface area contributed by atoms with Crippen LogP contribution in [0, 0.1) is 0 Å². The molecule has 8 heteroatoms. The first kappa shape index (κ1) is 15.0. The molecule has 0 radical (unpaired) electrons. The Hall–Kier alpha value is -1.44. The second kappa shape index (κ2) is 6.34. The van der Waals surface area contributed by atoms with Crippen molar-refractivity contribution in [2.24, 2.45) is 0 Å². The van der Waals surface area contributed by atoms with Gasteiger partial charge in [0, 0.05) is 20.4 Å². The predicted molar refractivity (Wildman–Crippen MR) is 80.6 cm³/mol. The van der Waals surface area contributed by atoms with Crippen molar-refractivity contribution < 1.29 is 14.7 Å². The van der Waals surface area contributed by atoms with Gasteiger partial charge in [-0.3, -0.25) is 14.9 Å². The van der Waals surface area contributed by atoms with Crippen LogP contribution in [0.25, 0.3) is 0 Å². The van der Waals surface area contributed by atoms with Gasteiger partial charge in [-0.1, -0.05) is 27.5 Å². The zero-order chi connectivity index (χ0) is 14.7. The van der Waals surface area contributed by atoms with Crippen LogP contribution in [0.15, 0.2) is 28.1 Å². The number of thiazole rings is 1. The number of carbonyl (C=O) groups excluding carboxylic acids is 1. The highest BCUT2D eigenvalue weighted by Crippen LogP contribution is 2.21. The van der Waals surface area contributed by atoms with Crippen molar-refractivity contribution in [3.63, 3.8) is 0 Å². The largest absolute Gasteiger partial charge is 0.481 e. The molecule has 2 N–H and O–H groups in total. The highest BCUT2D eigenvalue weighted by molar-refractivity contribution is 9.10. The van der Waals surface area contributed by atoms with E-state index in [9.17, 15) is 9.59 Å². The number of halogens is 2. The maximum absolute atomic E-state index is 12.0. The average Bonchev–Trinajstić information content (AvgIpc) is 2.74. The Balaban J connectivity index is 2.11. The fourth-order valence-corrected chi connectivity index (χ4v) is 3.02. The molecule has 1 amide bonds. The number of aromatic nitrogens is 1. The number of anilines is 1. The summed E-state index contributed by atoms with van der Waals surface area (Å²) in [6.07, 6.45) is -0.172. The number of carboxylic acids is 1. The normalized spacial score (nSPS) is 10.3. The number of carboxylic acid groups (broad SMARTS) is 1. The van der Waals surface area contributed by atoms with Crippen LogP contribution < -0.4 is 5.32 Å². The first-order valence-corrected chi connectivity index (χ1v) is 7.43. The molecule has 0 bridgehead atoms. The predicted octanol–water partition coefficient (Wildman–Crippen LogP) is 3.44. The van der Waals surface area contributed by atoms with E-state index in [1.807, 2.05) is 0 Å². The van der Waals surface area contributed by atoms with E-state index >= 15 is 0 Å². The van der Waals surface area contributed by atoms with E-state index in [-0.39, 0.29) is 12.3 Å². The molecule has 0 atom stereocenters. The summed E-state index contributed by atoms with van der Waals surface area (Å²) in [5, 5.41) is 13.6. The van der Waals surface area contributed by atoms with Crippen LogP contribution in [-0.4, -0.2) is 22.0 Å². The zero-order valence-corrected chi connectivity index (χ0v) is 13.1. The molecule has 104 valence electrons. The van der Waals surface area contributed by atoms with Crippen LogP contribution in [0.2, 0.25) is 5.02 Å². The molecule has 0 aliphatic rings. The quantitative estimate of drug-likeness (QED) is 0.858. The molecule has 0 aliphatic carbocycles. The molecule has 20 heavy (non-hydrogen) atoms. The molecule has 1 aromatic heterocycles. The maximum Gasteiger partial charge on any atom is 0.309 e. The van der Waals surface area contributed by atoms with Gasteiger partial charge in [0.2, 0.25) is 0 Å². The minimum Gasteiger partial charge on any atom is -0.481 e. The third-order valence-corrected chi connectivity index (χ3v) is 3.71. The van der Waals surface area contributed by atoms with Crippen LogP contribution in [0.3, 0.4) is 0 Å². The Morgan fingerprint density at radius 2 is 2.15 bits per heavy atom. The van der Waals surface area contributed by atoms with Crippen molar-refractivity contribution in [2.75, 3.05) is 5.32 Å². The summed E-state index contributed by atoms with van der Waals surface area (Å²) in [7, 11) is 0. The van der Waals surface area contributed by atoms with Gasteiger partial charge in [-0.15, -0.1) is 11.3 Å². The first-order valence-electron chi connectivity index (χ1n) is 5.37. The van der Waals surface area contributed by atoms with Crippen LogP contribution in [0.4, 0.5) is 5.13 Å². The number of nitrogens with zero attached hydrogens (tertiary/aromatic N) is 1. The van der Waals surface area contributed by atoms with Gasteiger partial charge in [0.25, 0.3) is 5.91 Å². The van der Waals surface area contributed by atoms with E-state index in [2.05, 4.69) is 26.2 Å². The van der Waals surface area contributed by atoms with E-state index in [0.29, 0.717) is 25.9 Å². The van der Waals surface area contributed by atoms with Gasteiger partial charge < -0.3 is 5.11 Å². The third kappa shape index (κ3) is 4.03. The summed E-state index contributed by atoms with van der Waals surface area (Å²) < 4.78 is 0.695. The topological polar surface area (TPSA) is 79.3 Å². The third-order valence-electron chi connectivity index (χ3n) is 2.23. The van der Waals surface area contributed by atoms with Crippen molar-refractivity contribution in [1.29, 1.82) is 0 Å². The molecule has 1 aromatic carbocycles. The van der Waals surface area contributed by atoms with Gasteiger partial charge in [0.15, 0.2) is 5.13 Å². The van der Waals surface area contributed by atoms with Gasteiger partial charge in [0.1, 0.15) is 0 Å². The maximum atomic E-state index is 12.0. The Bertz CT molecular complexity index is 654. The van der Waals surface area contributed by atoms with Crippen LogP contribution in [0.5, 0.6) is 0 Å². The second-order valence-electron chi connectivity index (χ2n) is 3.83. The first-order chi connectivity index (χ1) is 9.44.